The maximum atomic E-state index is 12.1. The molecule has 1 N–H and O–H groups in total. The molecule has 0 atom stereocenters. The largest absolute Gasteiger partial charge is 0.494 e. The number of carbonyl (C=O) groups excluding carboxylic acids is 1. The molecule has 4 heteroatoms. The lowest BCUT2D eigenvalue weighted by Crippen LogP contribution is -2.13. The van der Waals surface area contributed by atoms with Crippen molar-refractivity contribution in [1.82, 2.24) is 0 Å². The van der Waals surface area contributed by atoms with Crippen molar-refractivity contribution in [2.24, 2.45) is 0 Å². The van der Waals surface area contributed by atoms with Gasteiger partial charge in [0.15, 0.2) is 0 Å². The van der Waals surface area contributed by atoms with Gasteiger partial charge in [0.05, 0.1) is 6.61 Å². The summed E-state index contributed by atoms with van der Waals surface area (Å²) in [6.45, 7) is 8.42. The highest BCUT2D eigenvalue weighted by atomic mass is 35.5. The fourth-order valence-corrected chi connectivity index (χ4v) is 2.60. The normalized spacial score (nSPS) is 10.5. The Hall–Kier alpha value is -2.00. The van der Waals surface area contributed by atoms with E-state index in [1.807, 2.05) is 58.0 Å². The Labute approximate surface area is 149 Å². The van der Waals surface area contributed by atoms with E-state index in [1.165, 1.54) is 0 Å². The van der Waals surface area contributed by atoms with Crippen molar-refractivity contribution in [2.45, 2.75) is 40.5 Å². The third-order valence-corrected chi connectivity index (χ3v) is 4.49. The number of ether oxygens (including phenoxy) is 1. The monoisotopic (exact) mass is 345 g/mol. The van der Waals surface area contributed by atoms with Gasteiger partial charge in [0.1, 0.15) is 5.75 Å². The first kappa shape index (κ1) is 18.3. The first-order chi connectivity index (χ1) is 11.4. The van der Waals surface area contributed by atoms with Gasteiger partial charge in [0, 0.05) is 17.1 Å². The van der Waals surface area contributed by atoms with Crippen LogP contribution in [0.25, 0.3) is 0 Å². The number of halogens is 1. The van der Waals surface area contributed by atoms with Crippen molar-refractivity contribution in [2.75, 3.05) is 11.9 Å². The van der Waals surface area contributed by atoms with Gasteiger partial charge in [-0.2, -0.15) is 0 Å². The van der Waals surface area contributed by atoms with Crippen LogP contribution in [0.15, 0.2) is 30.3 Å². The zero-order chi connectivity index (χ0) is 17.7. The summed E-state index contributed by atoms with van der Waals surface area (Å²) in [6.07, 6.45) is 1.09. The lowest BCUT2D eigenvalue weighted by Gasteiger charge is -2.11. The van der Waals surface area contributed by atoms with Gasteiger partial charge in [0.2, 0.25) is 5.91 Å². The van der Waals surface area contributed by atoms with Gasteiger partial charge >= 0.3 is 0 Å². The van der Waals surface area contributed by atoms with Crippen LogP contribution in [0.3, 0.4) is 0 Å². The summed E-state index contributed by atoms with van der Waals surface area (Å²) in [5, 5.41) is 3.74. The van der Waals surface area contributed by atoms with E-state index in [0.29, 0.717) is 19.4 Å². The van der Waals surface area contributed by atoms with Crippen molar-refractivity contribution in [1.29, 1.82) is 0 Å². The molecule has 0 bridgehead atoms. The summed E-state index contributed by atoms with van der Waals surface area (Å²) in [5.41, 5.74) is 5.08. The van der Waals surface area contributed by atoms with Crippen LogP contribution in [0, 0.1) is 27.7 Å². The maximum absolute atomic E-state index is 12.1. The van der Waals surface area contributed by atoms with E-state index in [9.17, 15) is 4.79 Å². The summed E-state index contributed by atoms with van der Waals surface area (Å²) in [6, 6.07) is 9.88. The van der Waals surface area contributed by atoms with Gasteiger partial charge in [-0.15, -0.1) is 0 Å². The molecule has 2 aromatic carbocycles. The fraction of sp³-hybridized carbons (Fsp3) is 0.350. The molecule has 2 aromatic rings. The molecule has 0 spiro atoms. The second-order valence-electron chi connectivity index (χ2n) is 6.19. The molecule has 1 amide bonds. The minimum atomic E-state index is 0.00997. The highest BCUT2D eigenvalue weighted by Crippen LogP contribution is 2.26. The Bertz CT molecular complexity index is 717. The van der Waals surface area contributed by atoms with Gasteiger partial charge in [0.25, 0.3) is 0 Å². The van der Waals surface area contributed by atoms with Crippen LogP contribution in [0.5, 0.6) is 5.75 Å². The van der Waals surface area contributed by atoms with Crippen LogP contribution in [-0.4, -0.2) is 12.5 Å². The van der Waals surface area contributed by atoms with Crippen molar-refractivity contribution < 1.29 is 9.53 Å². The minimum Gasteiger partial charge on any atom is -0.494 e. The molecule has 0 aliphatic carbocycles. The molecule has 0 fully saturated rings. The number of rotatable bonds is 6. The predicted octanol–water partition coefficient (Wildman–Crippen LogP) is 5.37. The maximum Gasteiger partial charge on any atom is 0.224 e. The molecule has 3 nitrogen and oxygen atoms in total. The molecule has 2 rings (SSSR count). The smallest absolute Gasteiger partial charge is 0.224 e. The highest BCUT2D eigenvalue weighted by Gasteiger charge is 2.07. The molecule has 0 heterocycles. The standard InChI is InChI=1S/C20H24ClNO2/c1-13-7-8-14(2)18(10-13)22-19(23)6-5-9-24-17-11-15(3)20(21)16(4)12-17/h7-8,10-12H,5-6,9H2,1-4H3,(H,22,23). The minimum absolute atomic E-state index is 0.00997. The third kappa shape index (κ3) is 5.00. The topological polar surface area (TPSA) is 38.3 Å². The van der Waals surface area contributed by atoms with Crippen molar-refractivity contribution in [3.05, 3.63) is 57.6 Å². The van der Waals surface area contributed by atoms with E-state index in [-0.39, 0.29) is 5.91 Å². The SMILES string of the molecule is Cc1ccc(C)c(NC(=O)CCCOc2cc(C)c(Cl)c(C)c2)c1. The van der Waals surface area contributed by atoms with Crippen LogP contribution in [-0.2, 0) is 4.79 Å². The average molecular weight is 346 g/mol. The lowest BCUT2D eigenvalue weighted by atomic mass is 10.1. The first-order valence-corrected chi connectivity index (χ1v) is 8.51. The Balaban J connectivity index is 1.80. The van der Waals surface area contributed by atoms with E-state index >= 15 is 0 Å². The Kier molecular flexibility index (Phi) is 6.27. The zero-order valence-electron chi connectivity index (χ0n) is 14.7. The van der Waals surface area contributed by atoms with E-state index in [1.54, 1.807) is 0 Å². The van der Waals surface area contributed by atoms with Crippen molar-refractivity contribution in [3.8, 4) is 5.75 Å². The zero-order valence-corrected chi connectivity index (χ0v) is 15.5. The van der Waals surface area contributed by atoms with Gasteiger partial charge in [-0.25, -0.2) is 0 Å². The van der Waals surface area contributed by atoms with Crippen LogP contribution in [0.2, 0.25) is 5.02 Å². The number of hydrogen-bond donors (Lipinski definition) is 1. The number of aryl methyl sites for hydroxylation is 4. The molecular weight excluding hydrogens is 322 g/mol. The second-order valence-corrected chi connectivity index (χ2v) is 6.57. The number of amides is 1. The van der Waals surface area contributed by atoms with E-state index in [4.69, 9.17) is 16.3 Å². The third-order valence-electron chi connectivity index (χ3n) is 3.89. The fourth-order valence-electron chi connectivity index (χ4n) is 2.50. The van der Waals surface area contributed by atoms with Crippen LogP contribution >= 0.6 is 11.6 Å². The summed E-state index contributed by atoms with van der Waals surface area (Å²) < 4.78 is 5.73. The number of nitrogens with one attached hydrogen (secondary N) is 1. The summed E-state index contributed by atoms with van der Waals surface area (Å²) in [7, 11) is 0. The molecule has 24 heavy (non-hydrogen) atoms. The van der Waals surface area contributed by atoms with E-state index in [2.05, 4.69) is 5.32 Å². The van der Waals surface area contributed by atoms with Gasteiger partial charge in [-0.05, 0) is 74.6 Å². The molecule has 128 valence electrons. The average Bonchev–Trinajstić information content (AvgIpc) is 2.52. The Morgan fingerprint density at radius 2 is 1.71 bits per heavy atom. The van der Waals surface area contributed by atoms with Gasteiger partial charge in [-0.3, -0.25) is 4.79 Å². The number of hydrogen-bond acceptors (Lipinski definition) is 2. The molecule has 0 unspecified atom stereocenters. The van der Waals surface area contributed by atoms with Crippen molar-refractivity contribution in [3.63, 3.8) is 0 Å². The predicted molar refractivity (Wildman–Crippen MR) is 100 cm³/mol. The lowest BCUT2D eigenvalue weighted by molar-refractivity contribution is -0.116. The van der Waals surface area contributed by atoms with Crippen LogP contribution in [0.4, 0.5) is 5.69 Å². The summed E-state index contributed by atoms with van der Waals surface area (Å²) in [5.74, 6) is 0.806. The van der Waals surface area contributed by atoms with Gasteiger partial charge in [-0.1, -0.05) is 23.7 Å². The molecule has 0 radical (unpaired) electrons. The van der Waals surface area contributed by atoms with Crippen LogP contribution in [0.1, 0.15) is 35.1 Å². The molecule has 0 aliphatic rings. The second kappa shape index (κ2) is 8.20. The Morgan fingerprint density at radius 1 is 1.04 bits per heavy atom. The number of carbonyl (C=O) groups is 1. The number of benzene rings is 2. The summed E-state index contributed by atoms with van der Waals surface area (Å²) in [4.78, 5) is 12.1. The molecule has 0 aliphatic heterocycles. The molecule has 0 saturated heterocycles. The highest BCUT2D eigenvalue weighted by molar-refractivity contribution is 6.32. The molecule has 0 aromatic heterocycles. The Morgan fingerprint density at radius 3 is 2.38 bits per heavy atom. The first-order valence-electron chi connectivity index (χ1n) is 8.13. The van der Waals surface area contributed by atoms with E-state index < -0.39 is 0 Å². The van der Waals surface area contributed by atoms with Gasteiger partial charge < -0.3 is 10.1 Å². The quantitative estimate of drug-likeness (QED) is 0.714. The van der Waals surface area contributed by atoms with Crippen LogP contribution < -0.4 is 10.1 Å². The molecule has 0 saturated carbocycles. The van der Waals surface area contributed by atoms with Crippen molar-refractivity contribution >= 4 is 23.2 Å². The van der Waals surface area contributed by atoms with E-state index in [0.717, 1.165) is 38.7 Å². The number of anilines is 1. The summed E-state index contributed by atoms with van der Waals surface area (Å²) >= 11 is 6.14. The molecular formula is C20H24ClNO2.